The standard InChI is InChI=1S/C14H22N2/c1-10-6-5-7-14(12(10)3)15-13-8-11(2)16(4)9-13/h5-7,11,13,15H,8-9H2,1-4H3. The number of benzene rings is 1. The lowest BCUT2D eigenvalue weighted by molar-refractivity contribution is 0.330. The predicted molar refractivity (Wildman–Crippen MR) is 70.0 cm³/mol. The first kappa shape index (κ1) is 11.5. The van der Waals surface area contributed by atoms with Crippen molar-refractivity contribution in [2.45, 2.75) is 39.3 Å². The smallest absolute Gasteiger partial charge is 0.0403 e. The van der Waals surface area contributed by atoms with Crippen LogP contribution in [-0.2, 0) is 0 Å². The van der Waals surface area contributed by atoms with E-state index in [4.69, 9.17) is 0 Å². The van der Waals surface area contributed by atoms with Gasteiger partial charge in [-0.25, -0.2) is 0 Å². The number of hydrogen-bond donors (Lipinski definition) is 1. The van der Waals surface area contributed by atoms with E-state index in [0.717, 1.165) is 6.54 Å². The zero-order valence-corrected chi connectivity index (χ0v) is 10.7. The number of likely N-dealkylation sites (tertiary alicyclic amines) is 1. The first-order valence-corrected chi connectivity index (χ1v) is 6.11. The van der Waals surface area contributed by atoms with Gasteiger partial charge in [0, 0.05) is 24.3 Å². The van der Waals surface area contributed by atoms with Crippen LogP contribution in [0.4, 0.5) is 5.69 Å². The summed E-state index contributed by atoms with van der Waals surface area (Å²) in [4.78, 5) is 2.42. The minimum Gasteiger partial charge on any atom is -0.381 e. The molecule has 1 aromatic rings. The maximum atomic E-state index is 3.67. The molecule has 88 valence electrons. The van der Waals surface area contributed by atoms with Crippen molar-refractivity contribution >= 4 is 5.69 Å². The van der Waals surface area contributed by atoms with Gasteiger partial charge >= 0.3 is 0 Å². The number of anilines is 1. The van der Waals surface area contributed by atoms with Crippen molar-refractivity contribution in [3.63, 3.8) is 0 Å². The van der Waals surface area contributed by atoms with E-state index in [2.05, 4.69) is 56.2 Å². The van der Waals surface area contributed by atoms with E-state index in [1.807, 2.05) is 0 Å². The molecule has 0 bridgehead atoms. The summed E-state index contributed by atoms with van der Waals surface area (Å²) in [6.45, 7) is 7.81. The molecule has 1 saturated heterocycles. The van der Waals surface area contributed by atoms with Crippen molar-refractivity contribution in [2.75, 3.05) is 18.9 Å². The van der Waals surface area contributed by atoms with Gasteiger partial charge < -0.3 is 10.2 Å². The minimum atomic E-state index is 0.598. The molecule has 1 aromatic carbocycles. The van der Waals surface area contributed by atoms with Crippen molar-refractivity contribution in [3.05, 3.63) is 29.3 Å². The summed E-state index contributed by atoms with van der Waals surface area (Å²) in [5, 5.41) is 3.67. The number of rotatable bonds is 2. The summed E-state index contributed by atoms with van der Waals surface area (Å²) in [5.41, 5.74) is 4.04. The molecule has 0 aromatic heterocycles. The monoisotopic (exact) mass is 218 g/mol. The second-order valence-corrected chi connectivity index (χ2v) is 5.11. The van der Waals surface area contributed by atoms with Gasteiger partial charge in [-0.2, -0.15) is 0 Å². The first-order chi connectivity index (χ1) is 7.58. The van der Waals surface area contributed by atoms with Gasteiger partial charge in [0.15, 0.2) is 0 Å². The SMILES string of the molecule is Cc1cccc(NC2CC(C)N(C)C2)c1C. The molecule has 2 rings (SSSR count). The quantitative estimate of drug-likeness (QED) is 0.821. The Balaban J connectivity index is 2.08. The van der Waals surface area contributed by atoms with E-state index in [1.165, 1.54) is 23.2 Å². The van der Waals surface area contributed by atoms with Gasteiger partial charge in [-0.05, 0) is 51.4 Å². The summed E-state index contributed by atoms with van der Waals surface area (Å²) >= 11 is 0. The summed E-state index contributed by atoms with van der Waals surface area (Å²) in [6, 6.07) is 7.78. The fourth-order valence-electron chi connectivity index (χ4n) is 2.43. The van der Waals surface area contributed by atoms with Crippen LogP contribution in [0.2, 0.25) is 0 Å². The highest BCUT2D eigenvalue weighted by atomic mass is 15.2. The number of likely N-dealkylation sites (N-methyl/N-ethyl adjacent to an activating group) is 1. The van der Waals surface area contributed by atoms with Crippen molar-refractivity contribution < 1.29 is 0 Å². The molecule has 0 radical (unpaired) electrons. The van der Waals surface area contributed by atoms with E-state index < -0.39 is 0 Å². The van der Waals surface area contributed by atoms with E-state index in [1.54, 1.807) is 0 Å². The maximum Gasteiger partial charge on any atom is 0.0403 e. The molecular weight excluding hydrogens is 196 g/mol. The highest BCUT2D eigenvalue weighted by Crippen LogP contribution is 2.23. The Morgan fingerprint density at radius 1 is 1.31 bits per heavy atom. The lowest BCUT2D eigenvalue weighted by atomic mass is 10.1. The molecule has 2 heteroatoms. The fraction of sp³-hybridized carbons (Fsp3) is 0.571. The molecule has 1 heterocycles. The Kier molecular flexibility index (Phi) is 3.20. The molecule has 2 nitrogen and oxygen atoms in total. The molecule has 0 spiro atoms. The highest BCUT2D eigenvalue weighted by Gasteiger charge is 2.25. The van der Waals surface area contributed by atoms with Crippen molar-refractivity contribution in [1.82, 2.24) is 4.90 Å². The zero-order chi connectivity index (χ0) is 11.7. The van der Waals surface area contributed by atoms with Crippen molar-refractivity contribution in [2.24, 2.45) is 0 Å². The fourth-order valence-corrected chi connectivity index (χ4v) is 2.43. The normalized spacial score (nSPS) is 26.0. The molecule has 0 saturated carbocycles. The Labute approximate surface area is 98.7 Å². The molecule has 16 heavy (non-hydrogen) atoms. The molecule has 2 atom stereocenters. The van der Waals surface area contributed by atoms with Crippen LogP contribution in [0.5, 0.6) is 0 Å². The van der Waals surface area contributed by atoms with Crippen LogP contribution < -0.4 is 5.32 Å². The van der Waals surface area contributed by atoms with E-state index in [9.17, 15) is 0 Å². The van der Waals surface area contributed by atoms with Gasteiger partial charge in [0.05, 0.1) is 0 Å². The summed E-state index contributed by atoms with van der Waals surface area (Å²) in [7, 11) is 2.20. The molecule has 1 N–H and O–H groups in total. The third kappa shape index (κ3) is 2.22. The van der Waals surface area contributed by atoms with Gasteiger partial charge in [0.1, 0.15) is 0 Å². The van der Waals surface area contributed by atoms with Gasteiger partial charge in [0.25, 0.3) is 0 Å². The third-order valence-corrected chi connectivity index (χ3v) is 3.85. The summed E-state index contributed by atoms with van der Waals surface area (Å²) in [6.07, 6.45) is 1.24. The molecular formula is C14H22N2. The van der Waals surface area contributed by atoms with Gasteiger partial charge in [-0.15, -0.1) is 0 Å². The van der Waals surface area contributed by atoms with Crippen LogP contribution >= 0.6 is 0 Å². The molecule has 1 aliphatic rings. The van der Waals surface area contributed by atoms with Crippen LogP contribution in [0, 0.1) is 13.8 Å². The molecule has 0 aliphatic carbocycles. The van der Waals surface area contributed by atoms with Crippen LogP contribution in [0.3, 0.4) is 0 Å². The van der Waals surface area contributed by atoms with Crippen molar-refractivity contribution in [1.29, 1.82) is 0 Å². The molecule has 0 amide bonds. The second-order valence-electron chi connectivity index (χ2n) is 5.11. The van der Waals surface area contributed by atoms with Gasteiger partial charge in [-0.1, -0.05) is 12.1 Å². The highest BCUT2D eigenvalue weighted by molar-refractivity contribution is 5.54. The average Bonchev–Trinajstić information content (AvgIpc) is 2.54. The van der Waals surface area contributed by atoms with E-state index >= 15 is 0 Å². The van der Waals surface area contributed by atoms with Crippen molar-refractivity contribution in [3.8, 4) is 0 Å². The first-order valence-electron chi connectivity index (χ1n) is 6.11. The maximum absolute atomic E-state index is 3.67. The number of hydrogen-bond acceptors (Lipinski definition) is 2. The Bertz CT molecular complexity index is 363. The van der Waals surface area contributed by atoms with Gasteiger partial charge in [-0.3, -0.25) is 0 Å². The Hall–Kier alpha value is -1.02. The predicted octanol–water partition coefficient (Wildman–Crippen LogP) is 2.81. The van der Waals surface area contributed by atoms with Crippen LogP contribution in [0.25, 0.3) is 0 Å². The van der Waals surface area contributed by atoms with E-state index in [0.29, 0.717) is 12.1 Å². The Morgan fingerprint density at radius 3 is 2.69 bits per heavy atom. The molecule has 1 aliphatic heterocycles. The number of nitrogens with one attached hydrogen (secondary N) is 1. The molecule has 1 fully saturated rings. The van der Waals surface area contributed by atoms with Crippen LogP contribution in [0.1, 0.15) is 24.5 Å². The minimum absolute atomic E-state index is 0.598. The lowest BCUT2D eigenvalue weighted by Crippen LogP contribution is -2.25. The Morgan fingerprint density at radius 2 is 2.06 bits per heavy atom. The number of nitrogens with zero attached hydrogens (tertiary/aromatic N) is 1. The zero-order valence-electron chi connectivity index (χ0n) is 10.7. The average molecular weight is 218 g/mol. The third-order valence-electron chi connectivity index (χ3n) is 3.85. The number of aryl methyl sites for hydroxylation is 1. The topological polar surface area (TPSA) is 15.3 Å². The second kappa shape index (κ2) is 4.46. The lowest BCUT2D eigenvalue weighted by Gasteiger charge is -2.17. The van der Waals surface area contributed by atoms with Gasteiger partial charge in [0.2, 0.25) is 0 Å². The summed E-state index contributed by atoms with van der Waals surface area (Å²) in [5.74, 6) is 0. The molecule has 2 unspecified atom stereocenters. The van der Waals surface area contributed by atoms with E-state index in [-0.39, 0.29) is 0 Å². The largest absolute Gasteiger partial charge is 0.381 e. The van der Waals surface area contributed by atoms with Crippen LogP contribution in [0.15, 0.2) is 18.2 Å². The van der Waals surface area contributed by atoms with Crippen LogP contribution in [-0.4, -0.2) is 30.6 Å². The summed E-state index contributed by atoms with van der Waals surface area (Å²) < 4.78 is 0.